The van der Waals surface area contributed by atoms with Gasteiger partial charge in [0.05, 0.1) is 17.5 Å². The lowest BCUT2D eigenvalue weighted by molar-refractivity contribution is 0.567. The molecular formula is C16H20N2O2S. The van der Waals surface area contributed by atoms with Gasteiger partial charge in [0.2, 0.25) is 10.0 Å². The Labute approximate surface area is 126 Å². The lowest BCUT2D eigenvalue weighted by Crippen LogP contribution is -2.31. The maximum atomic E-state index is 12.2. The molecule has 5 heteroatoms. The Morgan fingerprint density at radius 1 is 1.10 bits per heavy atom. The number of nitrogens with one attached hydrogen (secondary N) is 1. The van der Waals surface area contributed by atoms with E-state index < -0.39 is 16.1 Å². The van der Waals surface area contributed by atoms with Crippen LogP contribution in [-0.4, -0.2) is 19.2 Å². The van der Waals surface area contributed by atoms with E-state index in [1.807, 2.05) is 55.5 Å². The summed E-state index contributed by atoms with van der Waals surface area (Å²) in [5.74, 6) is 0.139. The lowest BCUT2D eigenvalue weighted by Gasteiger charge is -2.18. The van der Waals surface area contributed by atoms with E-state index in [1.54, 1.807) is 6.20 Å². The summed E-state index contributed by atoms with van der Waals surface area (Å²) >= 11 is 0. The first-order valence-electron chi connectivity index (χ1n) is 7.08. The van der Waals surface area contributed by atoms with E-state index >= 15 is 0 Å². The van der Waals surface area contributed by atoms with Gasteiger partial charge in [0, 0.05) is 6.20 Å². The minimum atomic E-state index is -3.33. The highest BCUT2D eigenvalue weighted by Gasteiger charge is 2.21. The molecule has 0 aliphatic rings. The third kappa shape index (κ3) is 4.65. The van der Waals surface area contributed by atoms with Crippen molar-refractivity contribution in [2.75, 3.05) is 5.75 Å². The van der Waals surface area contributed by atoms with E-state index in [-0.39, 0.29) is 5.75 Å². The Morgan fingerprint density at radius 3 is 2.43 bits per heavy atom. The van der Waals surface area contributed by atoms with E-state index in [1.165, 1.54) is 0 Å². The minimum absolute atomic E-state index is 0.139. The predicted octanol–water partition coefficient (Wildman–Crippen LogP) is 2.89. The smallest absolute Gasteiger partial charge is 0.212 e. The second-order valence-corrected chi connectivity index (χ2v) is 6.76. The van der Waals surface area contributed by atoms with Crippen LogP contribution in [0.2, 0.25) is 0 Å². The molecule has 1 aromatic heterocycles. The van der Waals surface area contributed by atoms with Crippen LogP contribution in [0.3, 0.4) is 0 Å². The van der Waals surface area contributed by atoms with Gasteiger partial charge < -0.3 is 0 Å². The molecule has 2 aromatic rings. The van der Waals surface area contributed by atoms with Crippen molar-refractivity contribution in [1.29, 1.82) is 0 Å². The second kappa shape index (κ2) is 7.33. The summed E-state index contributed by atoms with van der Waals surface area (Å²) < 4.78 is 27.2. The van der Waals surface area contributed by atoms with Crippen LogP contribution in [0.4, 0.5) is 0 Å². The number of rotatable bonds is 7. The molecule has 112 valence electrons. The number of pyridine rings is 1. The monoisotopic (exact) mass is 304 g/mol. The van der Waals surface area contributed by atoms with Gasteiger partial charge in [0.15, 0.2) is 0 Å². The van der Waals surface area contributed by atoms with Gasteiger partial charge in [-0.05, 0) is 24.1 Å². The standard InChI is InChI=1S/C16H20N2O2S/c1-2-3-13-21(19,20)18-16(14-9-5-4-6-10-14)15-11-7-8-12-17-15/h4-12,16,18H,2-3,13H2,1H3/t16-/m1/s1. The largest absolute Gasteiger partial charge is 0.259 e. The Hall–Kier alpha value is -1.72. The van der Waals surface area contributed by atoms with Crippen LogP contribution in [-0.2, 0) is 10.0 Å². The number of nitrogens with zero attached hydrogens (tertiary/aromatic N) is 1. The third-order valence-corrected chi connectivity index (χ3v) is 4.60. The minimum Gasteiger partial charge on any atom is -0.259 e. The molecule has 1 N–H and O–H groups in total. The number of aromatic nitrogens is 1. The van der Waals surface area contributed by atoms with Gasteiger partial charge in [-0.2, -0.15) is 0 Å². The maximum absolute atomic E-state index is 12.2. The second-order valence-electron chi connectivity index (χ2n) is 4.89. The molecule has 0 saturated heterocycles. The predicted molar refractivity (Wildman–Crippen MR) is 84.4 cm³/mol. The highest BCUT2D eigenvalue weighted by Crippen LogP contribution is 2.21. The lowest BCUT2D eigenvalue weighted by atomic mass is 10.0. The van der Waals surface area contributed by atoms with Gasteiger partial charge in [0.25, 0.3) is 0 Å². The zero-order chi connectivity index (χ0) is 15.1. The van der Waals surface area contributed by atoms with Crippen molar-refractivity contribution in [3.05, 3.63) is 66.0 Å². The summed E-state index contributed by atoms with van der Waals surface area (Å²) in [6.45, 7) is 1.98. The van der Waals surface area contributed by atoms with Crippen LogP contribution in [0.25, 0.3) is 0 Å². The Bertz CT molecular complexity index is 603. The summed E-state index contributed by atoms with van der Waals surface area (Å²) in [6, 6.07) is 14.6. The van der Waals surface area contributed by atoms with E-state index in [2.05, 4.69) is 9.71 Å². The van der Waals surface area contributed by atoms with Gasteiger partial charge in [0.1, 0.15) is 0 Å². The topological polar surface area (TPSA) is 59.1 Å². The molecule has 0 saturated carbocycles. The average Bonchev–Trinajstić information content (AvgIpc) is 2.52. The number of unbranched alkanes of at least 4 members (excludes halogenated alkanes) is 1. The molecule has 0 radical (unpaired) electrons. The zero-order valence-electron chi connectivity index (χ0n) is 12.1. The molecule has 0 aliphatic heterocycles. The highest BCUT2D eigenvalue weighted by atomic mass is 32.2. The number of sulfonamides is 1. The number of hydrogen-bond donors (Lipinski definition) is 1. The van der Waals surface area contributed by atoms with Crippen molar-refractivity contribution in [2.24, 2.45) is 0 Å². The quantitative estimate of drug-likeness (QED) is 0.855. The van der Waals surface area contributed by atoms with Gasteiger partial charge in [-0.15, -0.1) is 0 Å². The van der Waals surface area contributed by atoms with Crippen LogP contribution in [0.15, 0.2) is 54.7 Å². The first-order chi connectivity index (χ1) is 10.1. The van der Waals surface area contributed by atoms with Crippen molar-refractivity contribution in [2.45, 2.75) is 25.8 Å². The fraction of sp³-hybridized carbons (Fsp3) is 0.312. The normalized spacial score (nSPS) is 13.0. The van der Waals surface area contributed by atoms with Gasteiger partial charge in [-0.1, -0.05) is 49.7 Å². The van der Waals surface area contributed by atoms with Crippen LogP contribution in [0.5, 0.6) is 0 Å². The molecule has 21 heavy (non-hydrogen) atoms. The summed E-state index contributed by atoms with van der Waals surface area (Å²) in [5, 5.41) is 0. The average molecular weight is 304 g/mol. The molecule has 0 aliphatic carbocycles. The molecule has 0 bridgehead atoms. The first-order valence-corrected chi connectivity index (χ1v) is 8.73. The maximum Gasteiger partial charge on any atom is 0.212 e. The fourth-order valence-corrected chi connectivity index (χ4v) is 3.47. The molecular weight excluding hydrogens is 284 g/mol. The van der Waals surface area contributed by atoms with Crippen LogP contribution in [0, 0.1) is 0 Å². The molecule has 1 atom stereocenters. The summed E-state index contributed by atoms with van der Waals surface area (Å²) in [6.07, 6.45) is 3.17. The molecule has 1 aromatic carbocycles. The summed E-state index contributed by atoms with van der Waals surface area (Å²) in [7, 11) is -3.33. The van der Waals surface area contributed by atoms with Crippen LogP contribution in [0.1, 0.15) is 37.1 Å². The van der Waals surface area contributed by atoms with Crippen molar-refractivity contribution in [3.63, 3.8) is 0 Å². The van der Waals surface area contributed by atoms with Crippen molar-refractivity contribution < 1.29 is 8.42 Å². The van der Waals surface area contributed by atoms with Gasteiger partial charge >= 0.3 is 0 Å². The van der Waals surface area contributed by atoms with Crippen molar-refractivity contribution in [3.8, 4) is 0 Å². The molecule has 1 heterocycles. The van der Waals surface area contributed by atoms with E-state index in [0.717, 1.165) is 12.0 Å². The first kappa shape index (κ1) is 15.7. The summed E-state index contributed by atoms with van der Waals surface area (Å²) in [5.41, 5.74) is 1.58. The fourth-order valence-electron chi connectivity index (χ4n) is 2.06. The van der Waals surface area contributed by atoms with E-state index in [9.17, 15) is 8.42 Å². The zero-order valence-corrected chi connectivity index (χ0v) is 12.9. The van der Waals surface area contributed by atoms with Crippen molar-refractivity contribution in [1.82, 2.24) is 9.71 Å². The Kier molecular flexibility index (Phi) is 5.47. The van der Waals surface area contributed by atoms with Gasteiger partial charge in [-0.3, -0.25) is 4.98 Å². The van der Waals surface area contributed by atoms with E-state index in [0.29, 0.717) is 12.1 Å². The Morgan fingerprint density at radius 2 is 1.81 bits per heavy atom. The summed E-state index contributed by atoms with van der Waals surface area (Å²) in [4.78, 5) is 4.29. The molecule has 0 fully saturated rings. The molecule has 0 amide bonds. The number of benzene rings is 1. The van der Waals surface area contributed by atoms with E-state index in [4.69, 9.17) is 0 Å². The van der Waals surface area contributed by atoms with Gasteiger partial charge in [-0.25, -0.2) is 13.1 Å². The third-order valence-electron chi connectivity index (χ3n) is 3.18. The van der Waals surface area contributed by atoms with Crippen molar-refractivity contribution >= 4 is 10.0 Å². The molecule has 4 nitrogen and oxygen atoms in total. The molecule has 2 rings (SSSR count). The highest BCUT2D eigenvalue weighted by molar-refractivity contribution is 7.89. The SMILES string of the molecule is CCCCS(=O)(=O)N[C@H](c1ccccc1)c1ccccn1. The van der Waals surface area contributed by atoms with Crippen LogP contribution < -0.4 is 4.72 Å². The molecule has 0 unspecified atom stereocenters. The van der Waals surface area contributed by atoms with Crippen LogP contribution >= 0.6 is 0 Å². The molecule has 0 spiro atoms. The Balaban J connectivity index is 2.30. The number of hydrogen-bond acceptors (Lipinski definition) is 3.